The molecule has 0 aliphatic carbocycles. The van der Waals surface area contributed by atoms with Gasteiger partial charge in [0.05, 0.1) is 13.1 Å². The number of rotatable bonds is 5. The van der Waals surface area contributed by atoms with Crippen LogP contribution < -0.4 is 4.57 Å². The van der Waals surface area contributed by atoms with Crippen LogP contribution in [0.4, 0.5) is 0 Å². The molecule has 3 fully saturated rings. The van der Waals surface area contributed by atoms with E-state index >= 15 is 0 Å². The van der Waals surface area contributed by atoms with Gasteiger partial charge in [0.2, 0.25) is 5.69 Å². The van der Waals surface area contributed by atoms with Crippen molar-refractivity contribution < 1.29 is 23.8 Å². The van der Waals surface area contributed by atoms with Gasteiger partial charge in [0.25, 0.3) is 6.73 Å². The molecule has 0 atom stereocenters. The molecule has 0 saturated carbocycles. The lowest BCUT2D eigenvalue weighted by Gasteiger charge is -2.47. The molecule has 6 nitrogen and oxygen atoms in total. The standard InChI is InChI=1S/C15H20N3O3/c19-15-10-18(7-4-13(15)5-8-18)12-21-11-17-6-2-1-3-14(17)9-16-20/h1-3,6,9,13H,4-5,7-8,10-12H2/q+1/p+1. The lowest BCUT2D eigenvalue weighted by molar-refractivity contribution is -0.955. The fourth-order valence-electron chi connectivity index (χ4n) is 3.35. The van der Waals surface area contributed by atoms with E-state index in [1.165, 1.54) is 6.21 Å². The number of piperidine rings is 3. The molecule has 0 spiro atoms. The zero-order chi connectivity index (χ0) is 14.7. The van der Waals surface area contributed by atoms with Gasteiger partial charge in [0, 0.05) is 30.9 Å². The quantitative estimate of drug-likeness (QED) is 0.283. The fraction of sp³-hybridized carbons (Fsp3) is 0.533. The number of aromatic nitrogens is 1. The third kappa shape index (κ3) is 2.96. The van der Waals surface area contributed by atoms with E-state index in [0.717, 1.165) is 36.1 Å². The van der Waals surface area contributed by atoms with Crippen LogP contribution >= 0.6 is 0 Å². The van der Waals surface area contributed by atoms with E-state index in [2.05, 4.69) is 5.16 Å². The number of pyridine rings is 1. The number of hydrogen-bond acceptors (Lipinski definition) is 4. The molecular formula is C15H21N3O3+2. The minimum absolute atomic E-state index is 0.306. The molecule has 21 heavy (non-hydrogen) atoms. The van der Waals surface area contributed by atoms with Crippen molar-refractivity contribution in [3.63, 3.8) is 0 Å². The van der Waals surface area contributed by atoms with Crippen molar-refractivity contribution in [1.82, 2.24) is 0 Å². The van der Waals surface area contributed by atoms with Crippen LogP contribution in [0.1, 0.15) is 18.5 Å². The number of ketones is 1. The zero-order valence-corrected chi connectivity index (χ0v) is 12.0. The normalized spacial score (nSPS) is 28.4. The van der Waals surface area contributed by atoms with Crippen LogP contribution in [0.2, 0.25) is 0 Å². The molecule has 3 saturated heterocycles. The van der Waals surface area contributed by atoms with E-state index in [0.29, 0.717) is 31.7 Å². The first-order valence-electron chi connectivity index (χ1n) is 7.34. The van der Waals surface area contributed by atoms with Gasteiger partial charge >= 0.3 is 0 Å². The van der Waals surface area contributed by atoms with Crippen molar-refractivity contribution in [2.45, 2.75) is 19.6 Å². The minimum Gasteiger partial charge on any atom is -0.411 e. The average Bonchev–Trinajstić information content (AvgIpc) is 2.50. The second kappa shape index (κ2) is 5.91. The molecule has 3 aliphatic rings. The second-order valence-electron chi connectivity index (χ2n) is 5.99. The van der Waals surface area contributed by atoms with Gasteiger partial charge in [-0.2, -0.15) is 4.57 Å². The summed E-state index contributed by atoms with van der Waals surface area (Å²) in [4.78, 5) is 11.9. The average molecular weight is 291 g/mol. The Bertz CT molecular complexity index is 551. The first-order valence-corrected chi connectivity index (χ1v) is 7.34. The number of nitrogens with zero attached hydrogens (tertiary/aromatic N) is 3. The Balaban J connectivity index is 1.60. The van der Waals surface area contributed by atoms with Crippen molar-refractivity contribution in [2.75, 3.05) is 26.4 Å². The molecule has 0 unspecified atom stereocenters. The van der Waals surface area contributed by atoms with Crippen molar-refractivity contribution in [1.29, 1.82) is 0 Å². The molecule has 6 heteroatoms. The molecule has 1 aromatic heterocycles. The summed E-state index contributed by atoms with van der Waals surface area (Å²) < 4.78 is 8.49. The van der Waals surface area contributed by atoms with Crippen LogP contribution in [-0.4, -0.2) is 48.1 Å². The highest BCUT2D eigenvalue weighted by molar-refractivity contribution is 5.83. The zero-order valence-electron chi connectivity index (χ0n) is 12.0. The van der Waals surface area contributed by atoms with Crippen LogP contribution in [0.15, 0.2) is 29.6 Å². The number of carbonyl (C=O) groups excluding carboxylic acids is 1. The number of fused-ring (bicyclic) bond motifs is 3. The lowest BCUT2D eigenvalue weighted by Crippen LogP contribution is -2.63. The molecule has 4 heterocycles. The fourth-order valence-corrected chi connectivity index (χ4v) is 3.35. The highest BCUT2D eigenvalue weighted by Gasteiger charge is 2.45. The van der Waals surface area contributed by atoms with Gasteiger partial charge in [-0.15, -0.1) is 0 Å². The Morgan fingerprint density at radius 2 is 2.24 bits per heavy atom. The van der Waals surface area contributed by atoms with Crippen molar-refractivity contribution >= 4 is 12.0 Å². The van der Waals surface area contributed by atoms with Crippen LogP contribution in [0.3, 0.4) is 0 Å². The molecule has 1 N–H and O–H groups in total. The summed E-state index contributed by atoms with van der Waals surface area (Å²) in [7, 11) is 0. The van der Waals surface area contributed by atoms with Gasteiger partial charge in [-0.3, -0.25) is 14.0 Å². The Hall–Kier alpha value is -1.79. The van der Waals surface area contributed by atoms with Crippen LogP contribution in [0.25, 0.3) is 0 Å². The first kappa shape index (κ1) is 14.2. The predicted octanol–water partition coefficient (Wildman–Crippen LogP) is 0.523. The molecular weight excluding hydrogens is 270 g/mol. The Morgan fingerprint density at radius 3 is 2.95 bits per heavy atom. The third-order valence-corrected chi connectivity index (χ3v) is 4.61. The molecule has 0 aromatic carbocycles. The number of carbonyl (C=O) groups is 1. The van der Waals surface area contributed by atoms with Gasteiger partial charge in [-0.1, -0.05) is 5.16 Å². The number of oxime groups is 1. The molecule has 2 bridgehead atoms. The molecule has 0 radical (unpaired) electrons. The molecule has 112 valence electrons. The molecule has 3 aliphatic heterocycles. The number of ether oxygens (including phenoxy) is 1. The maximum absolute atomic E-state index is 11.9. The second-order valence-corrected chi connectivity index (χ2v) is 5.99. The topological polar surface area (TPSA) is 62.8 Å². The third-order valence-electron chi connectivity index (χ3n) is 4.61. The highest BCUT2D eigenvalue weighted by atomic mass is 16.5. The maximum Gasteiger partial charge on any atom is 0.257 e. The lowest BCUT2D eigenvalue weighted by atomic mass is 9.85. The van der Waals surface area contributed by atoms with Crippen LogP contribution in [0.5, 0.6) is 0 Å². The van der Waals surface area contributed by atoms with E-state index < -0.39 is 0 Å². The smallest absolute Gasteiger partial charge is 0.257 e. The highest BCUT2D eigenvalue weighted by Crippen LogP contribution is 2.31. The van der Waals surface area contributed by atoms with E-state index in [1.54, 1.807) is 0 Å². The summed E-state index contributed by atoms with van der Waals surface area (Å²) in [5, 5.41) is 11.7. The predicted molar refractivity (Wildman–Crippen MR) is 74.6 cm³/mol. The van der Waals surface area contributed by atoms with Crippen LogP contribution in [0, 0.1) is 5.92 Å². The summed E-state index contributed by atoms with van der Waals surface area (Å²) in [5.41, 5.74) is 0.772. The Morgan fingerprint density at radius 1 is 1.43 bits per heavy atom. The van der Waals surface area contributed by atoms with Gasteiger partial charge in [0.15, 0.2) is 18.7 Å². The van der Waals surface area contributed by atoms with Crippen molar-refractivity contribution in [3.05, 3.63) is 30.1 Å². The van der Waals surface area contributed by atoms with Crippen LogP contribution in [-0.2, 0) is 16.3 Å². The number of Topliss-reactive ketones (excluding diaryl/α,β-unsaturated/α-hetero) is 1. The Labute approximate surface area is 123 Å². The maximum atomic E-state index is 11.9. The summed E-state index contributed by atoms with van der Waals surface area (Å²) in [6.45, 7) is 3.66. The largest absolute Gasteiger partial charge is 0.411 e. The summed E-state index contributed by atoms with van der Waals surface area (Å²) in [5.74, 6) is 0.706. The first-order chi connectivity index (χ1) is 10.2. The Kier molecular flexibility index (Phi) is 3.98. The molecule has 1 aromatic rings. The van der Waals surface area contributed by atoms with E-state index in [9.17, 15) is 4.79 Å². The monoisotopic (exact) mass is 291 g/mol. The van der Waals surface area contributed by atoms with E-state index in [1.807, 2.05) is 29.0 Å². The van der Waals surface area contributed by atoms with E-state index in [-0.39, 0.29) is 0 Å². The van der Waals surface area contributed by atoms with Gasteiger partial charge in [-0.25, -0.2) is 0 Å². The number of hydrogen-bond donors (Lipinski definition) is 1. The van der Waals surface area contributed by atoms with E-state index in [4.69, 9.17) is 9.94 Å². The van der Waals surface area contributed by atoms with Crippen molar-refractivity contribution in [3.8, 4) is 0 Å². The van der Waals surface area contributed by atoms with Gasteiger partial charge < -0.3 is 5.21 Å². The summed E-state index contributed by atoms with van der Waals surface area (Å²) in [6.07, 6.45) is 5.27. The van der Waals surface area contributed by atoms with Crippen molar-refractivity contribution in [2.24, 2.45) is 11.1 Å². The minimum atomic E-state index is 0.306. The molecule has 4 rings (SSSR count). The SMILES string of the molecule is O=C1C[N+]2(COC[n+]3ccccc3C=NO)CCC1CC2. The molecule has 0 amide bonds. The summed E-state index contributed by atoms with van der Waals surface area (Å²) >= 11 is 0. The summed E-state index contributed by atoms with van der Waals surface area (Å²) in [6, 6.07) is 5.63. The number of quaternary nitrogens is 1. The van der Waals surface area contributed by atoms with Gasteiger partial charge in [0.1, 0.15) is 12.8 Å². The van der Waals surface area contributed by atoms with Gasteiger partial charge in [-0.05, 0) is 6.07 Å².